The van der Waals surface area contributed by atoms with Gasteiger partial charge in [0.25, 0.3) is 0 Å². The van der Waals surface area contributed by atoms with Gasteiger partial charge in [-0.15, -0.1) is 11.3 Å². The highest BCUT2D eigenvalue weighted by Crippen LogP contribution is 2.24. The van der Waals surface area contributed by atoms with Gasteiger partial charge in [0.05, 0.1) is 10.9 Å². The zero-order valence-corrected chi connectivity index (χ0v) is 8.81. The lowest BCUT2D eigenvalue weighted by Gasteiger charge is -2.05. The number of ether oxygens (including phenoxy) is 1. The number of rotatable bonds is 2. The second-order valence-corrected chi connectivity index (χ2v) is 4.48. The molecule has 3 nitrogen and oxygen atoms in total. The van der Waals surface area contributed by atoms with Crippen molar-refractivity contribution in [2.24, 2.45) is 5.73 Å². The van der Waals surface area contributed by atoms with Crippen molar-refractivity contribution in [2.75, 3.05) is 7.11 Å². The minimum atomic E-state index is -0.669. The van der Waals surface area contributed by atoms with Gasteiger partial charge in [0.2, 0.25) is 0 Å². The van der Waals surface area contributed by atoms with E-state index in [0.29, 0.717) is 0 Å². The lowest BCUT2D eigenvalue weighted by molar-refractivity contribution is -0.142. The second-order valence-electron chi connectivity index (χ2n) is 2.18. The molecule has 0 aliphatic carbocycles. The monoisotopic (exact) mass is 249 g/mol. The molecular formula is C7H8BrNO2S. The van der Waals surface area contributed by atoms with E-state index >= 15 is 0 Å². The van der Waals surface area contributed by atoms with Gasteiger partial charge in [0.15, 0.2) is 0 Å². The summed E-state index contributed by atoms with van der Waals surface area (Å²) in [6.07, 6.45) is 0. The molecule has 1 aromatic rings. The number of hydrogen-bond acceptors (Lipinski definition) is 4. The van der Waals surface area contributed by atoms with Crippen LogP contribution >= 0.6 is 27.3 Å². The Bertz CT molecular complexity index is 287. The molecule has 1 heterocycles. The van der Waals surface area contributed by atoms with Crippen molar-refractivity contribution in [3.8, 4) is 0 Å². The van der Waals surface area contributed by atoms with Crippen LogP contribution in [-0.4, -0.2) is 13.1 Å². The van der Waals surface area contributed by atoms with Crippen LogP contribution < -0.4 is 5.73 Å². The average Bonchev–Trinajstić information content (AvgIpc) is 2.49. The van der Waals surface area contributed by atoms with Gasteiger partial charge in [0, 0.05) is 0 Å². The highest BCUT2D eigenvalue weighted by molar-refractivity contribution is 9.11. The van der Waals surface area contributed by atoms with E-state index in [2.05, 4.69) is 20.7 Å². The SMILES string of the molecule is COC(=O)C(N)c1csc(Br)c1. The van der Waals surface area contributed by atoms with Crippen molar-refractivity contribution in [3.05, 3.63) is 20.8 Å². The standard InChI is InChI=1S/C7H8BrNO2S/c1-11-7(10)6(9)4-2-5(8)12-3-4/h2-3,6H,9H2,1H3. The van der Waals surface area contributed by atoms with Crippen molar-refractivity contribution >= 4 is 33.2 Å². The van der Waals surface area contributed by atoms with Gasteiger partial charge >= 0.3 is 5.97 Å². The maximum absolute atomic E-state index is 11.0. The van der Waals surface area contributed by atoms with Gasteiger partial charge < -0.3 is 10.5 Å². The highest BCUT2D eigenvalue weighted by atomic mass is 79.9. The van der Waals surface area contributed by atoms with Crippen LogP contribution in [0, 0.1) is 0 Å². The number of halogens is 1. The van der Waals surface area contributed by atoms with Crippen LogP contribution in [0.15, 0.2) is 15.2 Å². The molecule has 12 heavy (non-hydrogen) atoms. The van der Waals surface area contributed by atoms with Crippen molar-refractivity contribution in [1.82, 2.24) is 0 Å². The maximum atomic E-state index is 11.0. The third-order valence-corrected chi connectivity index (χ3v) is 2.92. The van der Waals surface area contributed by atoms with Gasteiger partial charge in [-0.3, -0.25) is 4.79 Å². The van der Waals surface area contributed by atoms with E-state index in [1.54, 1.807) is 0 Å². The Kier molecular flexibility index (Phi) is 3.25. The van der Waals surface area contributed by atoms with Crippen LogP contribution in [-0.2, 0) is 9.53 Å². The molecule has 0 aliphatic rings. The Balaban J connectivity index is 2.77. The molecule has 0 saturated carbocycles. The maximum Gasteiger partial charge on any atom is 0.327 e. The molecule has 0 aliphatic heterocycles. The van der Waals surface area contributed by atoms with Gasteiger partial charge in [-0.1, -0.05) is 0 Å². The summed E-state index contributed by atoms with van der Waals surface area (Å²) < 4.78 is 5.46. The van der Waals surface area contributed by atoms with Crippen LogP contribution in [0.1, 0.15) is 11.6 Å². The topological polar surface area (TPSA) is 52.3 Å². The molecule has 5 heteroatoms. The summed E-state index contributed by atoms with van der Waals surface area (Å²) in [5.41, 5.74) is 6.35. The molecular weight excluding hydrogens is 242 g/mol. The number of hydrogen-bond donors (Lipinski definition) is 1. The molecule has 0 radical (unpaired) electrons. The normalized spacial score (nSPS) is 12.6. The van der Waals surface area contributed by atoms with E-state index in [1.165, 1.54) is 18.4 Å². The van der Waals surface area contributed by atoms with E-state index in [1.807, 2.05) is 11.4 Å². The van der Waals surface area contributed by atoms with Crippen molar-refractivity contribution in [1.29, 1.82) is 0 Å². The second kappa shape index (κ2) is 4.02. The quantitative estimate of drug-likeness (QED) is 0.812. The zero-order chi connectivity index (χ0) is 9.14. The molecule has 1 atom stereocenters. The predicted molar refractivity (Wildman–Crippen MR) is 51.0 cm³/mol. The molecule has 0 bridgehead atoms. The fraction of sp³-hybridized carbons (Fsp3) is 0.286. The minimum absolute atomic E-state index is 0.416. The number of methoxy groups -OCH3 is 1. The van der Waals surface area contributed by atoms with E-state index in [9.17, 15) is 4.79 Å². The van der Waals surface area contributed by atoms with Gasteiger partial charge in [0.1, 0.15) is 6.04 Å². The third-order valence-electron chi connectivity index (χ3n) is 1.40. The van der Waals surface area contributed by atoms with Crippen LogP contribution in [0.25, 0.3) is 0 Å². The Morgan fingerprint density at radius 3 is 2.92 bits per heavy atom. The zero-order valence-electron chi connectivity index (χ0n) is 6.41. The Morgan fingerprint density at radius 2 is 2.50 bits per heavy atom. The molecule has 0 fully saturated rings. The minimum Gasteiger partial charge on any atom is -0.468 e. The van der Waals surface area contributed by atoms with E-state index in [0.717, 1.165) is 9.35 Å². The molecule has 2 N–H and O–H groups in total. The number of carbonyl (C=O) groups excluding carboxylic acids is 1. The van der Waals surface area contributed by atoms with Gasteiger partial charge in [-0.2, -0.15) is 0 Å². The summed E-state index contributed by atoms with van der Waals surface area (Å²) in [5, 5.41) is 1.83. The number of esters is 1. The van der Waals surface area contributed by atoms with Crippen molar-refractivity contribution in [2.45, 2.75) is 6.04 Å². The number of thiophene rings is 1. The van der Waals surface area contributed by atoms with Gasteiger partial charge in [-0.25, -0.2) is 0 Å². The fourth-order valence-electron chi connectivity index (χ4n) is 0.750. The van der Waals surface area contributed by atoms with Crippen molar-refractivity contribution < 1.29 is 9.53 Å². The summed E-state index contributed by atoms with van der Waals surface area (Å²) in [6.45, 7) is 0. The summed E-state index contributed by atoms with van der Waals surface area (Å²) >= 11 is 4.77. The molecule has 1 aromatic heterocycles. The smallest absolute Gasteiger partial charge is 0.327 e. The lowest BCUT2D eigenvalue weighted by Crippen LogP contribution is -2.21. The van der Waals surface area contributed by atoms with E-state index < -0.39 is 12.0 Å². The molecule has 0 aromatic carbocycles. The molecule has 66 valence electrons. The molecule has 0 saturated heterocycles. The molecule has 1 unspecified atom stereocenters. The van der Waals surface area contributed by atoms with E-state index in [-0.39, 0.29) is 0 Å². The van der Waals surface area contributed by atoms with Crippen LogP contribution in [0.2, 0.25) is 0 Å². The predicted octanol–water partition coefficient (Wildman–Crippen LogP) is 1.68. The Morgan fingerprint density at radius 1 is 1.83 bits per heavy atom. The Labute approximate surface area is 82.6 Å². The summed E-state index contributed by atoms with van der Waals surface area (Å²) in [7, 11) is 1.32. The summed E-state index contributed by atoms with van der Waals surface area (Å²) in [6, 6.07) is 1.14. The first-order chi connectivity index (χ1) is 5.65. The third kappa shape index (κ3) is 2.06. The van der Waals surface area contributed by atoms with Crippen LogP contribution in [0.4, 0.5) is 0 Å². The summed E-state index contributed by atoms with van der Waals surface area (Å²) in [4.78, 5) is 11.0. The van der Waals surface area contributed by atoms with Crippen LogP contribution in [0.3, 0.4) is 0 Å². The number of carbonyl (C=O) groups is 1. The molecule has 0 amide bonds. The first kappa shape index (κ1) is 9.70. The highest BCUT2D eigenvalue weighted by Gasteiger charge is 2.16. The summed E-state index contributed by atoms with van der Waals surface area (Å²) in [5.74, 6) is -0.416. The van der Waals surface area contributed by atoms with Gasteiger partial charge in [-0.05, 0) is 32.9 Å². The molecule has 0 spiro atoms. The van der Waals surface area contributed by atoms with Crippen LogP contribution in [0.5, 0.6) is 0 Å². The molecule has 1 rings (SSSR count). The first-order valence-corrected chi connectivity index (χ1v) is 4.89. The Hall–Kier alpha value is -0.390. The van der Waals surface area contributed by atoms with Crippen molar-refractivity contribution in [3.63, 3.8) is 0 Å². The average molecular weight is 250 g/mol. The fourth-order valence-corrected chi connectivity index (χ4v) is 1.96. The first-order valence-electron chi connectivity index (χ1n) is 3.22. The van der Waals surface area contributed by atoms with E-state index in [4.69, 9.17) is 5.73 Å². The number of nitrogens with two attached hydrogens (primary N) is 1. The largest absolute Gasteiger partial charge is 0.468 e. The lowest BCUT2D eigenvalue weighted by atomic mass is 10.2.